The zero-order valence-corrected chi connectivity index (χ0v) is 18.3. The van der Waals surface area contributed by atoms with Gasteiger partial charge in [-0.2, -0.15) is 0 Å². The zero-order chi connectivity index (χ0) is 20.5. The van der Waals surface area contributed by atoms with E-state index in [1.807, 2.05) is 11.6 Å². The van der Waals surface area contributed by atoms with E-state index in [4.69, 9.17) is 21.3 Å². The highest BCUT2D eigenvalue weighted by Crippen LogP contribution is 2.42. The Labute approximate surface area is 176 Å². The van der Waals surface area contributed by atoms with Gasteiger partial charge in [0, 0.05) is 26.0 Å². The van der Waals surface area contributed by atoms with Crippen LogP contribution in [-0.4, -0.2) is 40.2 Å². The SMILES string of the molecule is CCc1cc(Cl)c2c(c1)CCN2c1nc(C)cc2c1nnn2C(CC)CCOC. The maximum absolute atomic E-state index is 6.70. The maximum atomic E-state index is 6.70. The molecule has 2 aromatic heterocycles. The van der Waals surface area contributed by atoms with Gasteiger partial charge in [-0.15, -0.1) is 5.10 Å². The largest absolute Gasteiger partial charge is 0.385 e. The van der Waals surface area contributed by atoms with Gasteiger partial charge in [-0.3, -0.25) is 0 Å². The van der Waals surface area contributed by atoms with Gasteiger partial charge in [0.1, 0.15) is 0 Å². The summed E-state index contributed by atoms with van der Waals surface area (Å²) in [4.78, 5) is 7.06. The Balaban J connectivity index is 1.81. The van der Waals surface area contributed by atoms with E-state index in [0.29, 0.717) is 6.61 Å². The molecule has 3 aromatic rings. The molecule has 0 radical (unpaired) electrons. The smallest absolute Gasteiger partial charge is 0.163 e. The van der Waals surface area contributed by atoms with Gasteiger partial charge >= 0.3 is 0 Å². The van der Waals surface area contributed by atoms with Crippen molar-refractivity contribution >= 4 is 34.1 Å². The third kappa shape index (κ3) is 3.60. The number of pyridine rings is 1. The molecular weight excluding hydrogens is 386 g/mol. The predicted octanol–water partition coefficient (Wildman–Crippen LogP) is 5.03. The van der Waals surface area contributed by atoms with Crippen molar-refractivity contribution in [3.63, 3.8) is 0 Å². The van der Waals surface area contributed by atoms with Crippen molar-refractivity contribution in [1.29, 1.82) is 0 Å². The second-order valence-electron chi connectivity index (χ2n) is 7.67. The van der Waals surface area contributed by atoms with E-state index < -0.39 is 0 Å². The number of anilines is 2. The third-order valence-electron chi connectivity index (χ3n) is 5.78. The number of nitrogens with zero attached hydrogens (tertiary/aromatic N) is 5. The fraction of sp³-hybridized carbons (Fsp3) is 0.500. The van der Waals surface area contributed by atoms with Crippen molar-refractivity contribution in [2.24, 2.45) is 0 Å². The quantitative estimate of drug-likeness (QED) is 0.543. The average Bonchev–Trinajstić information content (AvgIpc) is 3.33. The van der Waals surface area contributed by atoms with Crippen LogP contribution in [0.1, 0.15) is 49.6 Å². The summed E-state index contributed by atoms with van der Waals surface area (Å²) in [5.41, 5.74) is 6.41. The first-order valence-corrected chi connectivity index (χ1v) is 10.7. The second kappa shape index (κ2) is 8.28. The lowest BCUT2D eigenvalue weighted by molar-refractivity contribution is 0.175. The van der Waals surface area contributed by atoms with Crippen LogP contribution in [0.2, 0.25) is 5.02 Å². The molecule has 1 aliphatic heterocycles. The van der Waals surface area contributed by atoms with Crippen LogP contribution in [0.4, 0.5) is 11.5 Å². The number of benzene rings is 1. The number of ether oxygens (including phenoxy) is 1. The molecule has 1 unspecified atom stereocenters. The first kappa shape index (κ1) is 20.1. The normalized spacial score (nSPS) is 14.6. The fourth-order valence-corrected chi connectivity index (χ4v) is 4.59. The third-order valence-corrected chi connectivity index (χ3v) is 6.07. The number of hydrogen-bond acceptors (Lipinski definition) is 5. The summed E-state index contributed by atoms with van der Waals surface area (Å²) in [6, 6.07) is 6.66. The van der Waals surface area contributed by atoms with Crippen LogP contribution in [0.3, 0.4) is 0 Å². The van der Waals surface area contributed by atoms with E-state index >= 15 is 0 Å². The Bertz CT molecular complexity index is 1030. The number of aryl methyl sites for hydroxylation is 2. The molecule has 7 heteroatoms. The molecule has 0 aliphatic carbocycles. The van der Waals surface area contributed by atoms with E-state index in [2.05, 4.69) is 47.3 Å². The molecule has 4 rings (SSSR count). The minimum Gasteiger partial charge on any atom is -0.385 e. The number of fused-ring (bicyclic) bond motifs is 2. The van der Waals surface area contributed by atoms with Gasteiger partial charge in [0.2, 0.25) is 0 Å². The number of halogens is 1. The van der Waals surface area contributed by atoms with E-state index in [1.54, 1.807) is 7.11 Å². The number of rotatable bonds is 7. The molecule has 1 aromatic carbocycles. The molecule has 1 aliphatic rings. The monoisotopic (exact) mass is 413 g/mol. The highest BCUT2D eigenvalue weighted by Gasteiger charge is 2.28. The first-order chi connectivity index (χ1) is 14.1. The van der Waals surface area contributed by atoms with Gasteiger partial charge in [-0.1, -0.05) is 36.7 Å². The van der Waals surface area contributed by atoms with Crippen molar-refractivity contribution in [1.82, 2.24) is 20.0 Å². The molecule has 1 atom stereocenters. The highest BCUT2D eigenvalue weighted by molar-refractivity contribution is 6.33. The van der Waals surface area contributed by atoms with Crippen LogP contribution in [0.25, 0.3) is 11.0 Å². The summed E-state index contributed by atoms with van der Waals surface area (Å²) in [6.45, 7) is 7.90. The van der Waals surface area contributed by atoms with Gasteiger partial charge in [0.25, 0.3) is 0 Å². The van der Waals surface area contributed by atoms with Crippen LogP contribution in [0.15, 0.2) is 18.2 Å². The Morgan fingerprint density at radius 3 is 2.79 bits per heavy atom. The van der Waals surface area contributed by atoms with Gasteiger partial charge in [-0.05, 0) is 55.9 Å². The molecule has 3 heterocycles. The molecular formula is C22H28ClN5O. The molecule has 29 heavy (non-hydrogen) atoms. The van der Waals surface area contributed by atoms with E-state index in [0.717, 1.165) is 65.5 Å². The molecule has 0 amide bonds. The minimum atomic E-state index is 0.246. The Kier molecular flexibility index (Phi) is 5.74. The van der Waals surface area contributed by atoms with Gasteiger partial charge in [-0.25, -0.2) is 9.67 Å². The van der Waals surface area contributed by atoms with E-state index in [9.17, 15) is 0 Å². The summed E-state index contributed by atoms with van der Waals surface area (Å²) in [7, 11) is 1.73. The maximum Gasteiger partial charge on any atom is 0.163 e. The lowest BCUT2D eigenvalue weighted by Crippen LogP contribution is -2.16. The summed E-state index contributed by atoms with van der Waals surface area (Å²) in [5.74, 6) is 0.845. The Hall–Kier alpha value is -2.18. The van der Waals surface area contributed by atoms with Crippen molar-refractivity contribution in [3.8, 4) is 0 Å². The number of methoxy groups -OCH3 is 1. The van der Waals surface area contributed by atoms with Gasteiger partial charge in [0.05, 0.1) is 22.3 Å². The summed E-state index contributed by atoms with van der Waals surface area (Å²) in [6.07, 6.45) is 3.81. The summed E-state index contributed by atoms with van der Waals surface area (Å²) >= 11 is 6.70. The fourth-order valence-electron chi connectivity index (χ4n) is 4.23. The number of hydrogen-bond donors (Lipinski definition) is 0. The van der Waals surface area contributed by atoms with Crippen LogP contribution >= 0.6 is 11.6 Å². The predicted molar refractivity (Wildman–Crippen MR) is 117 cm³/mol. The second-order valence-corrected chi connectivity index (χ2v) is 8.08. The van der Waals surface area contributed by atoms with Gasteiger partial charge in [0.15, 0.2) is 11.3 Å². The molecule has 0 fully saturated rings. The molecule has 0 spiro atoms. The number of aromatic nitrogens is 4. The molecule has 0 N–H and O–H groups in total. The molecule has 0 bridgehead atoms. The topological polar surface area (TPSA) is 56.1 Å². The molecule has 154 valence electrons. The summed E-state index contributed by atoms with van der Waals surface area (Å²) < 4.78 is 7.32. The van der Waals surface area contributed by atoms with Crippen molar-refractivity contribution in [3.05, 3.63) is 40.0 Å². The van der Waals surface area contributed by atoms with Crippen LogP contribution < -0.4 is 4.90 Å². The van der Waals surface area contributed by atoms with Crippen LogP contribution in [0.5, 0.6) is 0 Å². The van der Waals surface area contributed by atoms with E-state index in [1.165, 1.54) is 11.1 Å². The minimum absolute atomic E-state index is 0.246. The Morgan fingerprint density at radius 1 is 1.24 bits per heavy atom. The van der Waals surface area contributed by atoms with Crippen LogP contribution in [0, 0.1) is 6.92 Å². The molecule has 0 saturated carbocycles. The zero-order valence-electron chi connectivity index (χ0n) is 17.6. The summed E-state index contributed by atoms with van der Waals surface area (Å²) in [5, 5.41) is 9.84. The van der Waals surface area contributed by atoms with Crippen molar-refractivity contribution < 1.29 is 4.74 Å². The molecule has 6 nitrogen and oxygen atoms in total. The van der Waals surface area contributed by atoms with Crippen LogP contribution in [-0.2, 0) is 17.6 Å². The first-order valence-electron chi connectivity index (χ1n) is 10.4. The van der Waals surface area contributed by atoms with Crippen molar-refractivity contribution in [2.75, 3.05) is 25.2 Å². The Morgan fingerprint density at radius 2 is 2.07 bits per heavy atom. The van der Waals surface area contributed by atoms with Crippen molar-refractivity contribution in [2.45, 2.75) is 52.5 Å². The standard InChI is InChI=1S/C22H28ClN5O/c1-5-15-12-16-7-9-27(21(16)18(23)13-15)22-20-19(11-14(3)24-22)28(26-25-20)17(6-2)8-10-29-4/h11-13,17H,5-10H2,1-4H3. The lowest BCUT2D eigenvalue weighted by Gasteiger charge is -2.21. The molecule has 0 saturated heterocycles. The van der Waals surface area contributed by atoms with Gasteiger partial charge < -0.3 is 9.64 Å². The lowest BCUT2D eigenvalue weighted by atomic mass is 10.1. The van der Waals surface area contributed by atoms with E-state index in [-0.39, 0.29) is 6.04 Å². The average molecular weight is 414 g/mol. The highest BCUT2D eigenvalue weighted by atomic mass is 35.5.